The van der Waals surface area contributed by atoms with E-state index < -0.39 is 10.0 Å². The van der Waals surface area contributed by atoms with E-state index in [1.807, 2.05) is 6.92 Å². The Kier molecular flexibility index (Phi) is 4.17. The van der Waals surface area contributed by atoms with Crippen molar-refractivity contribution in [2.45, 2.75) is 31.7 Å². The Morgan fingerprint density at radius 3 is 2.75 bits per heavy atom. The van der Waals surface area contributed by atoms with Crippen LogP contribution in [0.5, 0.6) is 0 Å². The molecular weight excluding hydrogens is 296 g/mol. The summed E-state index contributed by atoms with van der Waals surface area (Å²) in [4.78, 5) is 1.87. The van der Waals surface area contributed by atoms with Crippen molar-refractivity contribution < 1.29 is 8.42 Å². The van der Waals surface area contributed by atoms with E-state index in [0.717, 1.165) is 15.4 Å². The van der Waals surface area contributed by atoms with Gasteiger partial charge in [-0.05, 0) is 19.4 Å². The second-order valence-corrected chi connectivity index (χ2v) is 7.45. The van der Waals surface area contributed by atoms with Crippen LogP contribution in [0.1, 0.15) is 22.4 Å². The monoisotopic (exact) mass is 314 g/mol. The average Bonchev–Trinajstić information content (AvgIpc) is 2.92. The number of anilines is 1. The lowest BCUT2D eigenvalue weighted by molar-refractivity contribution is 0.601. The highest BCUT2D eigenvalue weighted by molar-refractivity contribution is 7.93. The van der Waals surface area contributed by atoms with Gasteiger partial charge < -0.3 is 5.73 Å². The number of aryl methyl sites for hydroxylation is 3. The predicted octanol–water partition coefficient (Wildman–Crippen LogP) is 1.61. The molecule has 8 heteroatoms. The zero-order valence-electron chi connectivity index (χ0n) is 11.7. The van der Waals surface area contributed by atoms with Gasteiger partial charge >= 0.3 is 0 Å². The summed E-state index contributed by atoms with van der Waals surface area (Å²) < 4.78 is 29.1. The van der Waals surface area contributed by atoms with Crippen LogP contribution in [0.25, 0.3) is 0 Å². The lowest BCUT2D eigenvalue weighted by Crippen LogP contribution is -2.13. The van der Waals surface area contributed by atoms with E-state index in [9.17, 15) is 8.42 Å². The van der Waals surface area contributed by atoms with Gasteiger partial charge in [-0.1, -0.05) is 6.92 Å². The van der Waals surface area contributed by atoms with E-state index in [0.29, 0.717) is 18.7 Å². The Labute approximate surface area is 122 Å². The first-order valence-electron chi connectivity index (χ1n) is 6.22. The van der Waals surface area contributed by atoms with Gasteiger partial charge in [0, 0.05) is 29.5 Å². The molecule has 0 bridgehead atoms. The van der Waals surface area contributed by atoms with Crippen LogP contribution in [-0.4, -0.2) is 18.2 Å². The van der Waals surface area contributed by atoms with Crippen molar-refractivity contribution >= 4 is 27.0 Å². The number of sulfonamides is 1. The largest absolute Gasteiger partial charge is 0.326 e. The molecule has 110 valence electrons. The van der Waals surface area contributed by atoms with Crippen molar-refractivity contribution in [2.24, 2.45) is 12.8 Å². The van der Waals surface area contributed by atoms with Gasteiger partial charge in [-0.2, -0.15) is 5.10 Å². The minimum atomic E-state index is -3.60. The quantitative estimate of drug-likeness (QED) is 0.877. The lowest BCUT2D eigenvalue weighted by Gasteiger charge is -2.06. The van der Waals surface area contributed by atoms with E-state index in [4.69, 9.17) is 5.73 Å². The molecule has 0 saturated heterocycles. The van der Waals surface area contributed by atoms with Gasteiger partial charge in [0.2, 0.25) is 0 Å². The molecule has 2 aromatic rings. The lowest BCUT2D eigenvalue weighted by atomic mass is 10.3. The SMILES string of the molecule is CCc1nn(C)cc1NS(=O)(=O)c1cc(CN)sc1C. The van der Waals surface area contributed by atoms with E-state index in [-0.39, 0.29) is 4.90 Å². The average molecular weight is 314 g/mol. The van der Waals surface area contributed by atoms with Crippen LogP contribution >= 0.6 is 11.3 Å². The summed E-state index contributed by atoms with van der Waals surface area (Å²) in [5, 5.41) is 4.22. The summed E-state index contributed by atoms with van der Waals surface area (Å²) in [5.74, 6) is 0. The van der Waals surface area contributed by atoms with Crippen LogP contribution in [0, 0.1) is 6.92 Å². The molecule has 0 fully saturated rings. The van der Waals surface area contributed by atoms with Gasteiger partial charge in [0.05, 0.1) is 11.4 Å². The zero-order chi connectivity index (χ0) is 14.9. The molecule has 20 heavy (non-hydrogen) atoms. The Morgan fingerprint density at radius 2 is 2.20 bits per heavy atom. The Bertz CT molecular complexity index is 716. The van der Waals surface area contributed by atoms with Gasteiger partial charge in [0.25, 0.3) is 10.0 Å². The molecule has 0 saturated carbocycles. The molecule has 0 amide bonds. The number of nitrogens with zero attached hydrogens (tertiary/aromatic N) is 2. The highest BCUT2D eigenvalue weighted by Crippen LogP contribution is 2.27. The molecule has 0 unspecified atom stereocenters. The van der Waals surface area contributed by atoms with Crippen molar-refractivity contribution in [3.05, 3.63) is 27.7 Å². The minimum Gasteiger partial charge on any atom is -0.326 e. The van der Waals surface area contributed by atoms with E-state index in [1.54, 1.807) is 30.9 Å². The number of nitrogens with one attached hydrogen (secondary N) is 1. The van der Waals surface area contributed by atoms with Crippen LogP contribution in [0.15, 0.2) is 17.2 Å². The molecule has 0 aliphatic carbocycles. The summed E-state index contributed by atoms with van der Waals surface area (Å²) in [6, 6.07) is 1.63. The van der Waals surface area contributed by atoms with Crippen LogP contribution in [0.2, 0.25) is 0 Å². The van der Waals surface area contributed by atoms with Crippen LogP contribution in [0.3, 0.4) is 0 Å². The number of nitrogens with two attached hydrogens (primary N) is 1. The van der Waals surface area contributed by atoms with E-state index in [1.165, 1.54) is 11.3 Å². The van der Waals surface area contributed by atoms with Crippen molar-refractivity contribution in [3.8, 4) is 0 Å². The fraction of sp³-hybridized carbons (Fsp3) is 0.417. The first-order valence-corrected chi connectivity index (χ1v) is 8.52. The Hall–Kier alpha value is -1.38. The van der Waals surface area contributed by atoms with Crippen molar-refractivity contribution in [1.82, 2.24) is 9.78 Å². The number of hydrogen-bond acceptors (Lipinski definition) is 5. The van der Waals surface area contributed by atoms with E-state index >= 15 is 0 Å². The molecule has 0 aliphatic heterocycles. The highest BCUT2D eigenvalue weighted by atomic mass is 32.2. The molecule has 0 aromatic carbocycles. The van der Waals surface area contributed by atoms with Gasteiger partial charge in [-0.15, -0.1) is 11.3 Å². The number of thiophene rings is 1. The molecule has 6 nitrogen and oxygen atoms in total. The maximum atomic E-state index is 12.4. The fourth-order valence-corrected chi connectivity index (χ4v) is 4.56. The van der Waals surface area contributed by atoms with Crippen molar-refractivity contribution in [2.75, 3.05) is 4.72 Å². The maximum Gasteiger partial charge on any atom is 0.263 e. The maximum absolute atomic E-state index is 12.4. The van der Waals surface area contributed by atoms with Crippen molar-refractivity contribution in [1.29, 1.82) is 0 Å². The standard InChI is InChI=1S/C12H18N4O2S2/c1-4-10-11(7-16(3)14-10)15-20(17,18)12-5-9(6-13)19-8(12)2/h5,7,15H,4,6,13H2,1-3H3. The predicted molar refractivity (Wildman–Crippen MR) is 80.3 cm³/mol. The fourth-order valence-electron chi connectivity index (χ4n) is 1.97. The molecule has 0 radical (unpaired) electrons. The topological polar surface area (TPSA) is 90.0 Å². The molecule has 0 spiro atoms. The summed E-state index contributed by atoms with van der Waals surface area (Å²) in [6.07, 6.45) is 2.33. The van der Waals surface area contributed by atoms with E-state index in [2.05, 4.69) is 9.82 Å². The van der Waals surface area contributed by atoms with Gasteiger partial charge in [0.1, 0.15) is 4.90 Å². The van der Waals surface area contributed by atoms with Crippen molar-refractivity contribution in [3.63, 3.8) is 0 Å². The zero-order valence-corrected chi connectivity index (χ0v) is 13.3. The van der Waals surface area contributed by atoms with Crippen LogP contribution in [-0.2, 0) is 30.0 Å². The smallest absolute Gasteiger partial charge is 0.263 e. The van der Waals surface area contributed by atoms with Gasteiger partial charge in [0.15, 0.2) is 0 Å². The Balaban J connectivity index is 2.37. The first-order chi connectivity index (χ1) is 9.37. The van der Waals surface area contributed by atoms with Crippen LogP contribution in [0.4, 0.5) is 5.69 Å². The van der Waals surface area contributed by atoms with Gasteiger partial charge in [-0.3, -0.25) is 9.40 Å². The summed E-state index contributed by atoms with van der Waals surface area (Å²) in [7, 11) is -1.84. The molecule has 2 rings (SSSR count). The number of hydrogen-bond donors (Lipinski definition) is 2. The summed E-state index contributed by atoms with van der Waals surface area (Å²) in [5.41, 5.74) is 6.81. The third-order valence-corrected chi connectivity index (χ3v) is 5.59. The van der Waals surface area contributed by atoms with Gasteiger partial charge in [-0.25, -0.2) is 8.42 Å². The Morgan fingerprint density at radius 1 is 1.50 bits per heavy atom. The second kappa shape index (κ2) is 5.55. The number of aromatic nitrogens is 2. The summed E-state index contributed by atoms with van der Waals surface area (Å²) in [6.45, 7) is 4.05. The summed E-state index contributed by atoms with van der Waals surface area (Å²) >= 11 is 1.40. The first kappa shape index (κ1) is 15.0. The van der Waals surface area contributed by atoms with Crippen LogP contribution < -0.4 is 10.5 Å². The molecule has 2 aromatic heterocycles. The molecular formula is C12H18N4O2S2. The molecule has 3 N–H and O–H groups in total. The highest BCUT2D eigenvalue weighted by Gasteiger charge is 2.21. The third kappa shape index (κ3) is 2.87. The molecule has 0 atom stereocenters. The molecule has 2 heterocycles. The molecule has 0 aliphatic rings. The third-order valence-electron chi connectivity index (χ3n) is 2.90. The second-order valence-electron chi connectivity index (χ2n) is 4.46. The normalized spacial score (nSPS) is 11.8. The number of rotatable bonds is 5. The minimum absolute atomic E-state index is 0.286.